The first-order valence-electron chi connectivity index (χ1n) is 8.95. The second kappa shape index (κ2) is 7.25. The van der Waals surface area contributed by atoms with E-state index in [2.05, 4.69) is 11.4 Å². The number of hydrogen-bond acceptors (Lipinski definition) is 6. The summed E-state index contributed by atoms with van der Waals surface area (Å²) in [5, 5.41) is 23.3. The highest BCUT2D eigenvalue weighted by atomic mass is 32.2. The van der Waals surface area contributed by atoms with Gasteiger partial charge in [-0.3, -0.25) is 4.79 Å². The number of fused-ring (bicyclic) bond motifs is 1. The van der Waals surface area contributed by atoms with Gasteiger partial charge >= 0.3 is 5.97 Å². The lowest BCUT2D eigenvalue weighted by Gasteiger charge is -2.46. The van der Waals surface area contributed by atoms with Gasteiger partial charge in [0.1, 0.15) is 5.70 Å². The van der Waals surface area contributed by atoms with Crippen LogP contribution in [0.4, 0.5) is 0 Å². The number of nitrogens with zero attached hydrogens (tertiary/aromatic N) is 2. The third-order valence-corrected chi connectivity index (χ3v) is 6.86. The van der Waals surface area contributed by atoms with E-state index < -0.39 is 18.0 Å². The molecule has 7 nitrogen and oxygen atoms in total. The van der Waals surface area contributed by atoms with Crippen LogP contribution >= 0.6 is 11.8 Å². The fourth-order valence-electron chi connectivity index (χ4n) is 4.10. The highest BCUT2D eigenvalue weighted by molar-refractivity contribution is 8.03. The van der Waals surface area contributed by atoms with Crippen LogP contribution in [-0.2, 0) is 9.59 Å². The number of thioether (sulfide) groups is 1. The van der Waals surface area contributed by atoms with E-state index in [0.29, 0.717) is 0 Å². The molecule has 2 saturated heterocycles. The second-order valence-corrected chi connectivity index (χ2v) is 8.91. The van der Waals surface area contributed by atoms with Crippen molar-refractivity contribution in [2.45, 2.75) is 43.7 Å². The lowest BCUT2D eigenvalue weighted by atomic mass is 9.79. The molecule has 26 heavy (non-hydrogen) atoms. The van der Waals surface area contributed by atoms with Crippen LogP contribution in [0.2, 0.25) is 0 Å². The average Bonchev–Trinajstić information content (AvgIpc) is 3.08. The lowest BCUT2D eigenvalue weighted by molar-refractivity contribution is -0.163. The standard InChI is InChI=1S/C18H27N3O4S/c1-9-14-13(10(2)22)17(23)21(14)15(18(24)25)16(9)26-12-7-11(19-8-12)5-6-20(3)4/h5-6,9-14,19,22H,7-8H2,1-4H3,(H,24,25)/b6-5+/t9-,10+,11+,12?,13+,14+/m0/s1. The maximum Gasteiger partial charge on any atom is 0.353 e. The van der Waals surface area contributed by atoms with Crippen molar-refractivity contribution in [3.63, 3.8) is 0 Å². The monoisotopic (exact) mass is 381 g/mol. The topological polar surface area (TPSA) is 93.1 Å². The zero-order valence-electron chi connectivity index (χ0n) is 15.5. The zero-order valence-corrected chi connectivity index (χ0v) is 16.4. The smallest absolute Gasteiger partial charge is 0.353 e. The van der Waals surface area contributed by atoms with Gasteiger partial charge in [0.2, 0.25) is 5.91 Å². The van der Waals surface area contributed by atoms with Crippen molar-refractivity contribution in [3.8, 4) is 0 Å². The molecule has 0 radical (unpaired) electrons. The number of carbonyl (C=O) groups is 2. The molecule has 2 fully saturated rings. The molecule has 144 valence electrons. The second-order valence-electron chi connectivity index (χ2n) is 7.57. The molecule has 3 aliphatic rings. The van der Waals surface area contributed by atoms with Crippen LogP contribution in [0, 0.1) is 11.8 Å². The Morgan fingerprint density at radius 2 is 2.15 bits per heavy atom. The molecule has 0 aliphatic carbocycles. The fourth-order valence-corrected chi connectivity index (χ4v) is 5.60. The number of aliphatic carboxylic acids is 1. The Hall–Kier alpha value is -1.51. The molecule has 8 heteroatoms. The summed E-state index contributed by atoms with van der Waals surface area (Å²) in [5.74, 6) is -1.91. The fraction of sp³-hybridized carbons (Fsp3) is 0.667. The first-order valence-corrected chi connectivity index (χ1v) is 9.83. The maximum atomic E-state index is 12.4. The van der Waals surface area contributed by atoms with Crippen molar-refractivity contribution in [3.05, 3.63) is 22.9 Å². The molecule has 3 aliphatic heterocycles. The van der Waals surface area contributed by atoms with Gasteiger partial charge < -0.3 is 25.3 Å². The molecule has 0 aromatic rings. The molecule has 0 saturated carbocycles. The summed E-state index contributed by atoms with van der Waals surface area (Å²) in [7, 11) is 3.95. The summed E-state index contributed by atoms with van der Waals surface area (Å²) in [6.07, 6.45) is 4.28. The van der Waals surface area contributed by atoms with E-state index in [0.717, 1.165) is 17.9 Å². The van der Waals surface area contributed by atoms with Crippen molar-refractivity contribution in [2.75, 3.05) is 20.6 Å². The van der Waals surface area contributed by atoms with Crippen LogP contribution in [0.5, 0.6) is 0 Å². The van der Waals surface area contributed by atoms with Gasteiger partial charge in [-0.15, -0.1) is 11.8 Å². The summed E-state index contributed by atoms with van der Waals surface area (Å²) in [4.78, 5) is 28.3. The summed E-state index contributed by atoms with van der Waals surface area (Å²) in [5.41, 5.74) is 0.113. The summed E-state index contributed by atoms with van der Waals surface area (Å²) >= 11 is 1.57. The Balaban J connectivity index is 1.75. The van der Waals surface area contributed by atoms with E-state index in [-0.39, 0.29) is 34.9 Å². The summed E-state index contributed by atoms with van der Waals surface area (Å²) in [6.45, 7) is 4.36. The van der Waals surface area contributed by atoms with Crippen LogP contribution in [0.15, 0.2) is 22.9 Å². The van der Waals surface area contributed by atoms with Crippen molar-refractivity contribution in [1.82, 2.24) is 15.1 Å². The SMILES string of the molecule is C[C@@H]1C(SC2CN[C@H](/C=C/N(C)C)C2)=C(C(=O)O)N2C(=O)[C@H]([C@@H](C)O)[C@@H]12. The number of aliphatic hydroxyl groups excluding tert-OH is 1. The Labute approximate surface area is 158 Å². The molecule has 3 rings (SSSR count). The third-order valence-electron chi connectivity index (χ3n) is 5.35. The molecule has 3 N–H and O–H groups in total. The minimum atomic E-state index is -1.06. The number of carboxylic acid groups (broad SMARTS) is 1. The normalized spacial score (nSPS) is 35.0. The van der Waals surface area contributed by atoms with Gasteiger partial charge in [0.05, 0.1) is 18.1 Å². The summed E-state index contributed by atoms with van der Waals surface area (Å²) in [6, 6.07) is 0.0271. The molecule has 1 unspecified atom stereocenters. The van der Waals surface area contributed by atoms with Crippen LogP contribution in [0.1, 0.15) is 20.3 Å². The Morgan fingerprint density at radius 1 is 1.46 bits per heavy atom. The van der Waals surface area contributed by atoms with Crippen LogP contribution in [0.3, 0.4) is 0 Å². The van der Waals surface area contributed by atoms with E-state index in [1.54, 1.807) is 18.7 Å². The number of β-lactam (4-membered cyclic amide) rings is 1. The van der Waals surface area contributed by atoms with Crippen molar-refractivity contribution in [1.29, 1.82) is 0 Å². The Bertz CT molecular complexity index is 661. The van der Waals surface area contributed by atoms with Crippen molar-refractivity contribution >= 4 is 23.6 Å². The average molecular weight is 381 g/mol. The van der Waals surface area contributed by atoms with Gasteiger partial charge in [-0.05, 0) is 19.5 Å². The maximum absolute atomic E-state index is 12.4. The lowest BCUT2D eigenvalue weighted by Crippen LogP contribution is -2.63. The quantitative estimate of drug-likeness (QED) is 0.583. The van der Waals surface area contributed by atoms with E-state index in [9.17, 15) is 19.8 Å². The molecule has 0 aromatic carbocycles. The number of aliphatic hydroxyl groups is 1. The number of nitrogens with one attached hydrogen (secondary N) is 1. The van der Waals surface area contributed by atoms with Gasteiger partial charge in [0.15, 0.2) is 0 Å². The predicted octanol–water partition coefficient (Wildman–Crippen LogP) is 0.679. The van der Waals surface area contributed by atoms with Gasteiger partial charge in [0, 0.05) is 42.8 Å². The molecular formula is C18H27N3O4S. The van der Waals surface area contributed by atoms with Crippen LogP contribution in [0.25, 0.3) is 0 Å². The molecular weight excluding hydrogens is 354 g/mol. The van der Waals surface area contributed by atoms with Gasteiger partial charge in [-0.2, -0.15) is 0 Å². The third kappa shape index (κ3) is 3.25. The molecule has 0 spiro atoms. The van der Waals surface area contributed by atoms with E-state index in [1.807, 2.05) is 32.1 Å². The molecule has 3 heterocycles. The molecule has 0 aromatic heterocycles. The first-order chi connectivity index (χ1) is 12.2. The Kier molecular flexibility index (Phi) is 5.37. The number of hydrogen-bond donors (Lipinski definition) is 3. The molecule has 6 atom stereocenters. The van der Waals surface area contributed by atoms with Crippen molar-refractivity contribution in [2.24, 2.45) is 11.8 Å². The minimum absolute atomic E-state index is 0.0697. The highest BCUT2D eigenvalue weighted by Gasteiger charge is 2.60. The number of rotatable bonds is 6. The zero-order chi connectivity index (χ0) is 19.2. The van der Waals surface area contributed by atoms with Gasteiger partial charge in [0.25, 0.3) is 0 Å². The molecule has 1 amide bonds. The van der Waals surface area contributed by atoms with E-state index in [4.69, 9.17) is 0 Å². The number of amides is 1. The van der Waals surface area contributed by atoms with E-state index in [1.165, 1.54) is 4.90 Å². The van der Waals surface area contributed by atoms with Gasteiger partial charge in [-0.25, -0.2) is 4.79 Å². The van der Waals surface area contributed by atoms with Crippen LogP contribution < -0.4 is 5.32 Å². The highest BCUT2D eigenvalue weighted by Crippen LogP contribution is 2.51. The van der Waals surface area contributed by atoms with E-state index >= 15 is 0 Å². The predicted molar refractivity (Wildman–Crippen MR) is 100 cm³/mol. The molecule has 0 bridgehead atoms. The minimum Gasteiger partial charge on any atom is -0.477 e. The van der Waals surface area contributed by atoms with Crippen LogP contribution in [-0.4, -0.2) is 76.0 Å². The Morgan fingerprint density at radius 3 is 2.73 bits per heavy atom. The largest absolute Gasteiger partial charge is 0.477 e. The number of carbonyl (C=O) groups excluding carboxylic acids is 1. The first kappa shape index (κ1) is 19.3. The van der Waals surface area contributed by atoms with Crippen molar-refractivity contribution < 1.29 is 19.8 Å². The number of carboxylic acids is 1. The van der Waals surface area contributed by atoms with Gasteiger partial charge in [-0.1, -0.05) is 13.0 Å². The summed E-state index contributed by atoms with van der Waals surface area (Å²) < 4.78 is 0.